The number of fused-ring (bicyclic) bond motifs is 2. The molecule has 122 valence electrons. The van der Waals surface area contributed by atoms with Gasteiger partial charge in [-0.2, -0.15) is 0 Å². The summed E-state index contributed by atoms with van der Waals surface area (Å²) in [5.41, 5.74) is -0.415. The minimum absolute atomic E-state index is 0.119. The summed E-state index contributed by atoms with van der Waals surface area (Å²) in [6.07, 6.45) is -0.327. The Balaban J connectivity index is 1.67. The summed E-state index contributed by atoms with van der Waals surface area (Å²) in [5, 5.41) is 10.9. The van der Waals surface area contributed by atoms with Crippen molar-refractivity contribution >= 4 is 17.4 Å². The smallest absolute Gasteiger partial charge is 0.263 e. The molecule has 0 unspecified atom stereocenters. The number of Topliss-reactive ketones (excluding diaryl/α,β-unsaturated/α-hetero) is 1. The Morgan fingerprint density at radius 1 is 1.21 bits per heavy atom. The Labute approximate surface area is 138 Å². The molecule has 6 heteroatoms. The van der Waals surface area contributed by atoms with E-state index in [1.54, 1.807) is 49.5 Å². The molecule has 1 N–H and O–H groups in total. The molecule has 0 bridgehead atoms. The van der Waals surface area contributed by atoms with Crippen molar-refractivity contribution in [3.05, 3.63) is 53.6 Å². The number of amides is 1. The quantitative estimate of drug-likeness (QED) is 0.872. The van der Waals surface area contributed by atoms with E-state index < -0.39 is 11.5 Å². The zero-order chi connectivity index (χ0) is 16.9. The van der Waals surface area contributed by atoms with Crippen molar-refractivity contribution in [2.45, 2.75) is 12.0 Å². The number of carbonyl (C=O) groups excluding carboxylic acids is 2. The van der Waals surface area contributed by atoms with Crippen molar-refractivity contribution in [3.63, 3.8) is 0 Å². The second kappa shape index (κ2) is 5.07. The summed E-state index contributed by atoms with van der Waals surface area (Å²) in [7, 11) is 1.59. The second-order valence-corrected chi connectivity index (χ2v) is 5.91. The van der Waals surface area contributed by atoms with Crippen LogP contribution in [-0.4, -0.2) is 30.6 Å². The van der Waals surface area contributed by atoms with E-state index in [-0.39, 0.29) is 19.0 Å². The molecule has 6 nitrogen and oxygen atoms in total. The minimum atomic E-state index is -1.85. The lowest BCUT2D eigenvalue weighted by Gasteiger charge is -2.21. The Kier molecular flexibility index (Phi) is 3.11. The highest BCUT2D eigenvalue weighted by molar-refractivity contribution is 6.10. The average Bonchev–Trinajstić information content (AvgIpc) is 3.13. The van der Waals surface area contributed by atoms with Gasteiger partial charge in [0, 0.05) is 18.2 Å². The Morgan fingerprint density at radius 3 is 2.79 bits per heavy atom. The van der Waals surface area contributed by atoms with Crippen molar-refractivity contribution in [2.75, 3.05) is 18.7 Å². The van der Waals surface area contributed by atoms with Crippen LogP contribution in [0.15, 0.2) is 42.5 Å². The lowest BCUT2D eigenvalue weighted by molar-refractivity contribution is -0.135. The number of para-hydroxylation sites is 1. The number of likely N-dealkylation sites (N-methyl/N-ethyl adjacent to an activating group) is 1. The zero-order valence-corrected chi connectivity index (χ0v) is 13.0. The molecule has 0 aliphatic carbocycles. The van der Waals surface area contributed by atoms with E-state index in [1.807, 2.05) is 0 Å². The van der Waals surface area contributed by atoms with Gasteiger partial charge >= 0.3 is 0 Å². The number of nitrogens with zero attached hydrogens (tertiary/aromatic N) is 1. The Morgan fingerprint density at radius 2 is 1.96 bits per heavy atom. The van der Waals surface area contributed by atoms with Crippen LogP contribution in [0.5, 0.6) is 11.5 Å². The maximum Gasteiger partial charge on any atom is 0.263 e. The molecule has 1 amide bonds. The number of hydrogen-bond donors (Lipinski definition) is 1. The molecule has 2 aromatic carbocycles. The number of carbonyl (C=O) groups is 2. The molecule has 0 saturated carbocycles. The van der Waals surface area contributed by atoms with Gasteiger partial charge in [-0.3, -0.25) is 9.59 Å². The maximum absolute atomic E-state index is 12.6. The van der Waals surface area contributed by atoms with E-state index in [0.717, 1.165) is 0 Å². The van der Waals surface area contributed by atoms with Gasteiger partial charge in [-0.15, -0.1) is 0 Å². The van der Waals surface area contributed by atoms with E-state index >= 15 is 0 Å². The molecule has 2 aliphatic rings. The molecule has 4 rings (SSSR count). The molecule has 2 heterocycles. The van der Waals surface area contributed by atoms with E-state index in [9.17, 15) is 14.7 Å². The van der Waals surface area contributed by atoms with Crippen LogP contribution in [0.3, 0.4) is 0 Å². The monoisotopic (exact) mass is 325 g/mol. The van der Waals surface area contributed by atoms with Gasteiger partial charge in [-0.05, 0) is 24.3 Å². The largest absolute Gasteiger partial charge is 0.454 e. The molecule has 24 heavy (non-hydrogen) atoms. The summed E-state index contributed by atoms with van der Waals surface area (Å²) in [4.78, 5) is 26.5. The molecule has 0 aromatic heterocycles. The summed E-state index contributed by atoms with van der Waals surface area (Å²) in [6.45, 7) is 0.119. The first-order valence-electron chi connectivity index (χ1n) is 7.53. The number of rotatable bonds is 3. The van der Waals surface area contributed by atoms with Crippen LogP contribution < -0.4 is 14.4 Å². The highest BCUT2D eigenvalue weighted by Gasteiger charge is 2.49. The first-order valence-corrected chi connectivity index (χ1v) is 7.53. The molecule has 2 aromatic rings. The number of benzene rings is 2. The Hall–Kier alpha value is -2.86. The lowest BCUT2D eigenvalue weighted by Crippen LogP contribution is -2.40. The van der Waals surface area contributed by atoms with Crippen LogP contribution in [0.25, 0.3) is 0 Å². The standard InChI is InChI=1S/C18H15NO5/c1-19-13-5-3-2-4-12(13)18(22,17(19)21)9-14(20)11-6-7-15-16(8-11)24-10-23-15/h2-8,22H,9-10H2,1H3/t18-/m0/s1. The van der Waals surface area contributed by atoms with Gasteiger partial charge in [0.05, 0.1) is 12.1 Å². The normalized spacial score (nSPS) is 21.1. The second-order valence-electron chi connectivity index (χ2n) is 5.91. The van der Waals surface area contributed by atoms with Crippen molar-refractivity contribution in [1.82, 2.24) is 0 Å². The minimum Gasteiger partial charge on any atom is -0.454 e. The zero-order valence-electron chi connectivity index (χ0n) is 13.0. The molecule has 0 saturated heterocycles. The topological polar surface area (TPSA) is 76.1 Å². The summed E-state index contributed by atoms with van der Waals surface area (Å²) < 4.78 is 10.5. The van der Waals surface area contributed by atoms with Gasteiger partial charge < -0.3 is 19.5 Å². The van der Waals surface area contributed by atoms with Crippen LogP contribution in [0.2, 0.25) is 0 Å². The predicted octanol–water partition coefficient (Wildman–Crippen LogP) is 1.85. The van der Waals surface area contributed by atoms with Crippen molar-refractivity contribution in [3.8, 4) is 11.5 Å². The molecule has 2 aliphatic heterocycles. The first kappa shape index (κ1) is 14.7. The van der Waals surface area contributed by atoms with Crippen LogP contribution in [-0.2, 0) is 10.4 Å². The number of ether oxygens (including phenoxy) is 2. The fourth-order valence-corrected chi connectivity index (χ4v) is 3.19. The first-order chi connectivity index (χ1) is 11.5. The number of anilines is 1. The molecule has 0 fully saturated rings. The summed E-state index contributed by atoms with van der Waals surface area (Å²) in [6, 6.07) is 11.8. The van der Waals surface area contributed by atoms with Crippen LogP contribution in [0.1, 0.15) is 22.3 Å². The van der Waals surface area contributed by atoms with Gasteiger partial charge in [-0.1, -0.05) is 18.2 Å². The third kappa shape index (κ3) is 2.00. The summed E-state index contributed by atoms with van der Waals surface area (Å²) >= 11 is 0. The van der Waals surface area contributed by atoms with Crippen LogP contribution in [0.4, 0.5) is 5.69 Å². The van der Waals surface area contributed by atoms with Crippen molar-refractivity contribution < 1.29 is 24.2 Å². The molecule has 0 spiro atoms. The van der Waals surface area contributed by atoms with Gasteiger partial charge in [0.15, 0.2) is 22.9 Å². The van der Waals surface area contributed by atoms with Crippen LogP contribution >= 0.6 is 0 Å². The number of hydrogen-bond acceptors (Lipinski definition) is 5. The van der Waals surface area contributed by atoms with E-state index in [1.165, 1.54) is 4.90 Å². The highest BCUT2D eigenvalue weighted by Crippen LogP contribution is 2.42. The van der Waals surface area contributed by atoms with Gasteiger partial charge in [0.1, 0.15) is 0 Å². The van der Waals surface area contributed by atoms with Gasteiger partial charge in [0.25, 0.3) is 5.91 Å². The molecular weight excluding hydrogens is 310 g/mol. The Bertz CT molecular complexity index is 862. The molecule has 1 atom stereocenters. The average molecular weight is 325 g/mol. The summed E-state index contributed by atoms with van der Waals surface area (Å²) in [5.74, 6) is 0.224. The fourth-order valence-electron chi connectivity index (χ4n) is 3.19. The highest BCUT2D eigenvalue weighted by atomic mass is 16.7. The third-order valence-corrected chi connectivity index (χ3v) is 4.48. The van der Waals surface area contributed by atoms with E-state index in [0.29, 0.717) is 28.3 Å². The maximum atomic E-state index is 12.6. The molecule has 0 radical (unpaired) electrons. The fraction of sp³-hybridized carbons (Fsp3) is 0.222. The van der Waals surface area contributed by atoms with E-state index in [4.69, 9.17) is 9.47 Å². The van der Waals surface area contributed by atoms with Gasteiger partial charge in [-0.25, -0.2) is 0 Å². The van der Waals surface area contributed by atoms with Crippen molar-refractivity contribution in [1.29, 1.82) is 0 Å². The van der Waals surface area contributed by atoms with Gasteiger partial charge in [0.2, 0.25) is 6.79 Å². The SMILES string of the molecule is CN1C(=O)[C@](O)(CC(=O)c2ccc3c(c2)OCO3)c2ccccc21. The predicted molar refractivity (Wildman–Crippen MR) is 85.3 cm³/mol. The number of aliphatic hydroxyl groups is 1. The third-order valence-electron chi connectivity index (χ3n) is 4.48. The van der Waals surface area contributed by atoms with Crippen molar-refractivity contribution in [2.24, 2.45) is 0 Å². The lowest BCUT2D eigenvalue weighted by atomic mass is 9.88. The molecular formula is C18H15NO5. The van der Waals surface area contributed by atoms with Crippen LogP contribution in [0, 0.1) is 0 Å². The number of ketones is 1. The van der Waals surface area contributed by atoms with E-state index in [2.05, 4.69) is 0 Å².